The van der Waals surface area contributed by atoms with Crippen LogP contribution in [0, 0.1) is 5.92 Å². The van der Waals surface area contributed by atoms with E-state index in [2.05, 4.69) is 37.9 Å². The Kier molecular flexibility index (Phi) is 31.8. The van der Waals surface area contributed by atoms with Gasteiger partial charge in [0.05, 0.1) is 6.61 Å². The van der Waals surface area contributed by atoms with Crippen molar-refractivity contribution in [2.75, 3.05) is 32.8 Å². The number of hydrogen-bond acceptors (Lipinski definition) is 7. The molecule has 0 aliphatic heterocycles. The van der Waals surface area contributed by atoms with Crippen LogP contribution in [0.15, 0.2) is 0 Å². The Morgan fingerprint density at radius 2 is 1.08 bits per heavy atom. The topological polar surface area (TPSA) is 94.2 Å². The van der Waals surface area contributed by atoms with Crippen LogP contribution >= 0.6 is 0 Å². The lowest BCUT2D eigenvalue weighted by molar-refractivity contribution is -0.150. The van der Waals surface area contributed by atoms with Crippen molar-refractivity contribution in [3.05, 3.63) is 0 Å². The van der Waals surface area contributed by atoms with Gasteiger partial charge < -0.3 is 24.4 Å². The van der Waals surface area contributed by atoms with E-state index in [9.17, 15) is 14.4 Å². The first-order valence-corrected chi connectivity index (χ1v) is 21.1. The maximum Gasteiger partial charge on any atom is 0.407 e. The van der Waals surface area contributed by atoms with Gasteiger partial charge in [0.15, 0.2) is 0 Å². The van der Waals surface area contributed by atoms with E-state index in [-0.39, 0.29) is 24.1 Å². The summed E-state index contributed by atoms with van der Waals surface area (Å²) in [6, 6.07) is 0. The Morgan fingerprint density at radius 3 is 1.60 bits per heavy atom. The summed E-state index contributed by atoms with van der Waals surface area (Å²) in [5, 5.41) is 2.89. The highest BCUT2D eigenvalue weighted by Crippen LogP contribution is 2.18. The average Bonchev–Trinajstić information content (AvgIpc) is 3.05. The van der Waals surface area contributed by atoms with E-state index in [1.807, 2.05) is 20.8 Å². The lowest BCUT2D eigenvalue weighted by atomic mass is 9.95. The fraction of sp³-hybridized carbons (Fsp3) is 0.929. The molecule has 0 aromatic carbocycles. The van der Waals surface area contributed by atoms with Gasteiger partial charge in [0.2, 0.25) is 0 Å². The molecule has 0 heterocycles. The van der Waals surface area contributed by atoms with Crippen molar-refractivity contribution in [3.8, 4) is 0 Å². The largest absolute Gasteiger partial charge is 0.466 e. The molecule has 0 aromatic heterocycles. The SMILES string of the molecule is CCCCC(CCCC)OC(=O)CCCCCCCN(CCCCCCCC(=O)OCCC(CCC)CCC)CCCNC(=O)OC(C)(C)C. The van der Waals surface area contributed by atoms with Crippen molar-refractivity contribution in [3.63, 3.8) is 0 Å². The van der Waals surface area contributed by atoms with Gasteiger partial charge in [-0.3, -0.25) is 9.59 Å². The minimum atomic E-state index is -0.491. The second kappa shape index (κ2) is 33.0. The number of carbonyl (C=O) groups is 3. The predicted octanol–water partition coefficient (Wildman–Crippen LogP) is 11.3. The van der Waals surface area contributed by atoms with E-state index in [4.69, 9.17) is 14.2 Å². The van der Waals surface area contributed by atoms with Crippen LogP contribution in [0.25, 0.3) is 0 Å². The van der Waals surface area contributed by atoms with Gasteiger partial charge in [0.25, 0.3) is 0 Å². The molecule has 0 atom stereocenters. The molecule has 0 rings (SSSR count). The molecule has 0 aromatic rings. The van der Waals surface area contributed by atoms with Gasteiger partial charge in [0, 0.05) is 19.4 Å². The lowest BCUT2D eigenvalue weighted by Crippen LogP contribution is -2.35. The van der Waals surface area contributed by atoms with Gasteiger partial charge in [-0.15, -0.1) is 0 Å². The van der Waals surface area contributed by atoms with Crippen LogP contribution in [0.1, 0.15) is 203 Å². The Bertz CT molecular complexity index is 801. The van der Waals surface area contributed by atoms with E-state index in [0.29, 0.717) is 31.9 Å². The summed E-state index contributed by atoms with van der Waals surface area (Å²) in [6.45, 7) is 18.7. The third kappa shape index (κ3) is 32.1. The summed E-state index contributed by atoms with van der Waals surface area (Å²) in [6.07, 6.45) is 24.8. The lowest BCUT2D eigenvalue weighted by Gasteiger charge is -2.23. The number of amides is 1. The molecule has 0 aliphatic rings. The molecule has 0 fully saturated rings. The summed E-state index contributed by atoms with van der Waals surface area (Å²) in [7, 11) is 0. The van der Waals surface area contributed by atoms with Crippen LogP contribution in [0.5, 0.6) is 0 Å². The number of alkyl carbamates (subject to hydrolysis) is 1. The third-order valence-corrected chi connectivity index (χ3v) is 9.27. The zero-order valence-corrected chi connectivity index (χ0v) is 34.1. The predicted molar refractivity (Wildman–Crippen MR) is 209 cm³/mol. The second-order valence-electron chi connectivity index (χ2n) is 15.5. The molecule has 0 saturated carbocycles. The Hall–Kier alpha value is -1.83. The molecule has 0 bridgehead atoms. The van der Waals surface area contributed by atoms with Crippen molar-refractivity contribution < 1.29 is 28.6 Å². The van der Waals surface area contributed by atoms with E-state index >= 15 is 0 Å². The molecule has 8 heteroatoms. The summed E-state index contributed by atoms with van der Waals surface area (Å²) < 4.78 is 16.7. The van der Waals surface area contributed by atoms with Crippen molar-refractivity contribution in [1.29, 1.82) is 0 Å². The van der Waals surface area contributed by atoms with Gasteiger partial charge in [0.1, 0.15) is 11.7 Å². The molecule has 0 unspecified atom stereocenters. The number of ether oxygens (including phenoxy) is 3. The van der Waals surface area contributed by atoms with Crippen LogP contribution in [0.4, 0.5) is 4.79 Å². The summed E-state index contributed by atoms with van der Waals surface area (Å²) in [4.78, 5) is 39.2. The molecular formula is C42H82N2O6. The normalized spacial score (nSPS) is 11.8. The highest BCUT2D eigenvalue weighted by molar-refractivity contribution is 5.69. The van der Waals surface area contributed by atoms with Crippen molar-refractivity contribution in [2.24, 2.45) is 5.92 Å². The zero-order chi connectivity index (χ0) is 37.3. The number of nitrogens with one attached hydrogen (secondary N) is 1. The zero-order valence-electron chi connectivity index (χ0n) is 34.1. The minimum absolute atomic E-state index is 0.0217. The molecule has 296 valence electrons. The van der Waals surface area contributed by atoms with Crippen LogP contribution in [-0.2, 0) is 23.8 Å². The maximum atomic E-state index is 12.4. The Labute approximate surface area is 309 Å². The summed E-state index contributed by atoms with van der Waals surface area (Å²) >= 11 is 0. The number of esters is 2. The monoisotopic (exact) mass is 711 g/mol. The molecule has 50 heavy (non-hydrogen) atoms. The number of rotatable bonds is 34. The fourth-order valence-electron chi connectivity index (χ4n) is 6.44. The van der Waals surface area contributed by atoms with Crippen molar-refractivity contribution in [2.45, 2.75) is 214 Å². The quantitative estimate of drug-likeness (QED) is 0.0403. The summed E-state index contributed by atoms with van der Waals surface area (Å²) in [5.41, 5.74) is -0.491. The van der Waals surface area contributed by atoms with E-state index in [0.717, 1.165) is 135 Å². The highest BCUT2D eigenvalue weighted by atomic mass is 16.6. The molecular weight excluding hydrogens is 628 g/mol. The molecule has 1 amide bonds. The minimum Gasteiger partial charge on any atom is -0.466 e. The van der Waals surface area contributed by atoms with Crippen molar-refractivity contribution in [1.82, 2.24) is 10.2 Å². The molecule has 8 nitrogen and oxygen atoms in total. The molecule has 1 N–H and O–H groups in total. The number of nitrogens with zero attached hydrogens (tertiary/aromatic N) is 1. The first kappa shape index (κ1) is 48.2. The summed E-state index contributed by atoms with van der Waals surface area (Å²) in [5.74, 6) is 0.622. The van der Waals surface area contributed by atoms with Gasteiger partial charge in [-0.05, 0) is 97.7 Å². The van der Waals surface area contributed by atoms with Crippen LogP contribution in [0.3, 0.4) is 0 Å². The van der Waals surface area contributed by atoms with Crippen molar-refractivity contribution >= 4 is 18.0 Å². The van der Waals surface area contributed by atoms with Crippen LogP contribution < -0.4 is 5.32 Å². The molecule has 0 radical (unpaired) electrons. The average molecular weight is 711 g/mol. The molecule has 0 aliphatic carbocycles. The van der Waals surface area contributed by atoms with Gasteiger partial charge >= 0.3 is 18.0 Å². The van der Waals surface area contributed by atoms with Gasteiger partial charge in [-0.1, -0.05) is 118 Å². The standard InChI is InChI=1S/C42H82N2O6/c1-8-12-27-38(28-13-9-2)49-40(46)30-21-17-15-19-23-34-44(35-24-32-43-41(47)50-42(5,6)7)33-22-18-14-16-20-29-39(45)48-36-31-37(25-10-3)26-11-4/h37-38H,8-36H2,1-7H3,(H,43,47). The van der Waals surface area contributed by atoms with Gasteiger partial charge in [-0.25, -0.2) is 4.79 Å². The highest BCUT2D eigenvalue weighted by Gasteiger charge is 2.16. The number of carbonyl (C=O) groups excluding carboxylic acids is 3. The second-order valence-corrected chi connectivity index (χ2v) is 15.5. The third-order valence-electron chi connectivity index (χ3n) is 9.27. The molecule has 0 saturated heterocycles. The van der Waals surface area contributed by atoms with Gasteiger partial charge in [-0.2, -0.15) is 0 Å². The first-order valence-electron chi connectivity index (χ1n) is 21.1. The first-order chi connectivity index (χ1) is 24.0. The fourth-order valence-corrected chi connectivity index (χ4v) is 6.44. The molecule has 0 spiro atoms. The Morgan fingerprint density at radius 1 is 0.580 bits per heavy atom. The smallest absolute Gasteiger partial charge is 0.407 e. The Balaban J connectivity index is 4.37. The number of hydrogen-bond donors (Lipinski definition) is 1. The van der Waals surface area contributed by atoms with Crippen LogP contribution in [0.2, 0.25) is 0 Å². The van der Waals surface area contributed by atoms with E-state index in [1.54, 1.807) is 0 Å². The van der Waals surface area contributed by atoms with E-state index < -0.39 is 5.60 Å². The van der Waals surface area contributed by atoms with E-state index in [1.165, 1.54) is 25.7 Å². The number of unbranched alkanes of at least 4 members (excludes halogenated alkanes) is 10. The van der Waals surface area contributed by atoms with Crippen LogP contribution in [-0.4, -0.2) is 67.4 Å². The maximum absolute atomic E-state index is 12.4.